The molecule has 4 atom stereocenters. The number of hydrogen-bond donors (Lipinski definition) is 3. The predicted molar refractivity (Wildman–Crippen MR) is 155 cm³/mol. The highest BCUT2D eigenvalue weighted by Gasteiger charge is 2.64. The molecule has 0 amide bonds. The van der Waals surface area contributed by atoms with Gasteiger partial charge in [-0.05, 0) is 42.9 Å². The van der Waals surface area contributed by atoms with Crippen LogP contribution in [0.1, 0.15) is 133 Å². The average molecular weight is 541 g/mol. The zero-order valence-electron chi connectivity index (χ0n) is 26.0. The first kappa shape index (κ1) is 36.9. The normalized spacial score (nSPS) is 17.8. The molecule has 224 valence electrons. The van der Waals surface area contributed by atoms with Crippen molar-refractivity contribution in [1.82, 2.24) is 0 Å². The third-order valence-corrected chi connectivity index (χ3v) is 8.08. The van der Waals surface area contributed by atoms with E-state index >= 15 is 0 Å². The van der Waals surface area contributed by atoms with E-state index < -0.39 is 47.0 Å². The van der Waals surface area contributed by atoms with Crippen LogP contribution in [0.3, 0.4) is 0 Å². The first-order chi connectivity index (χ1) is 17.5. The summed E-state index contributed by atoms with van der Waals surface area (Å²) in [4.78, 5) is 40.9. The molecule has 0 radical (unpaired) electrons. The van der Waals surface area contributed by atoms with E-state index in [0.29, 0.717) is 37.0 Å². The zero-order valence-corrected chi connectivity index (χ0v) is 26.0. The maximum atomic E-state index is 13.7. The maximum Gasteiger partial charge on any atom is 0.220 e. The van der Waals surface area contributed by atoms with Gasteiger partial charge in [-0.15, -0.1) is 0 Å². The summed E-state index contributed by atoms with van der Waals surface area (Å²) < 4.78 is 0. The highest BCUT2D eigenvalue weighted by molar-refractivity contribution is 6.17. The molecule has 0 saturated carbocycles. The first-order valence-electron chi connectivity index (χ1n) is 15.2. The molecule has 6 heteroatoms. The molecule has 38 heavy (non-hydrogen) atoms. The second-order valence-electron chi connectivity index (χ2n) is 13.3. The molecule has 0 aromatic rings. The summed E-state index contributed by atoms with van der Waals surface area (Å²) in [6.07, 6.45) is 7.43. The van der Waals surface area contributed by atoms with Gasteiger partial charge in [0.05, 0.1) is 6.61 Å². The van der Waals surface area contributed by atoms with Crippen molar-refractivity contribution in [3.63, 3.8) is 0 Å². The summed E-state index contributed by atoms with van der Waals surface area (Å²) in [6, 6.07) is 0. The monoisotopic (exact) mass is 540 g/mol. The molecule has 0 bridgehead atoms. The van der Waals surface area contributed by atoms with E-state index in [1.54, 1.807) is 13.8 Å². The molecule has 6 nitrogen and oxygen atoms in total. The van der Waals surface area contributed by atoms with Gasteiger partial charge in [0.1, 0.15) is 0 Å². The summed E-state index contributed by atoms with van der Waals surface area (Å²) in [7, 11) is 0. The Hall–Kier alpha value is -1.11. The van der Waals surface area contributed by atoms with Crippen LogP contribution in [-0.4, -0.2) is 50.5 Å². The minimum absolute atomic E-state index is 0.119. The molecule has 4 unspecified atom stereocenters. The topological polar surface area (TPSA) is 112 Å². The van der Waals surface area contributed by atoms with Gasteiger partial charge in [0.2, 0.25) is 5.60 Å². The lowest BCUT2D eigenvalue weighted by Crippen LogP contribution is -2.71. The van der Waals surface area contributed by atoms with Crippen LogP contribution in [0.5, 0.6) is 0 Å². The fourth-order valence-corrected chi connectivity index (χ4v) is 5.18. The van der Waals surface area contributed by atoms with E-state index in [2.05, 4.69) is 41.5 Å². The van der Waals surface area contributed by atoms with Gasteiger partial charge in [-0.3, -0.25) is 14.4 Å². The van der Waals surface area contributed by atoms with Crippen LogP contribution in [0.4, 0.5) is 0 Å². The van der Waals surface area contributed by atoms with Crippen LogP contribution in [0.2, 0.25) is 0 Å². The predicted octanol–water partition coefficient (Wildman–Crippen LogP) is 6.32. The highest BCUT2D eigenvalue weighted by Crippen LogP contribution is 2.35. The highest BCUT2D eigenvalue weighted by atomic mass is 16.4. The van der Waals surface area contributed by atoms with Crippen molar-refractivity contribution in [1.29, 1.82) is 0 Å². The van der Waals surface area contributed by atoms with Crippen molar-refractivity contribution in [2.24, 2.45) is 35.5 Å². The molecule has 0 fully saturated rings. The van der Waals surface area contributed by atoms with Crippen LogP contribution in [0.25, 0.3) is 0 Å². The molecular formula is C32H60O6. The quantitative estimate of drug-likeness (QED) is 0.139. The van der Waals surface area contributed by atoms with Crippen molar-refractivity contribution in [2.75, 3.05) is 6.61 Å². The number of rotatable bonds is 22. The van der Waals surface area contributed by atoms with Crippen molar-refractivity contribution in [3.05, 3.63) is 0 Å². The van der Waals surface area contributed by atoms with E-state index in [1.165, 1.54) is 0 Å². The van der Waals surface area contributed by atoms with Crippen LogP contribution in [-0.2, 0) is 14.4 Å². The SMILES string of the molecule is CC(C)CCCC(C)CCC(=O)C(O)(CO)C(O)(C(=O)C(C)CCCC(C)C)C(=O)C(C)CCCC(C)C. The fourth-order valence-electron chi connectivity index (χ4n) is 5.18. The van der Waals surface area contributed by atoms with Crippen molar-refractivity contribution in [2.45, 2.75) is 144 Å². The van der Waals surface area contributed by atoms with E-state index in [0.717, 1.165) is 44.9 Å². The van der Waals surface area contributed by atoms with E-state index in [-0.39, 0.29) is 12.3 Å². The van der Waals surface area contributed by atoms with Crippen LogP contribution in [0, 0.1) is 35.5 Å². The zero-order chi connectivity index (χ0) is 29.7. The van der Waals surface area contributed by atoms with Crippen molar-refractivity contribution in [3.8, 4) is 0 Å². The molecule has 0 heterocycles. The van der Waals surface area contributed by atoms with Crippen LogP contribution < -0.4 is 0 Å². The second kappa shape index (κ2) is 17.6. The van der Waals surface area contributed by atoms with Crippen LogP contribution in [0.15, 0.2) is 0 Å². The fraction of sp³-hybridized carbons (Fsp3) is 0.906. The Morgan fingerprint density at radius 1 is 0.579 bits per heavy atom. The summed E-state index contributed by atoms with van der Waals surface area (Å²) in [6.45, 7) is 16.8. The van der Waals surface area contributed by atoms with Gasteiger partial charge in [-0.2, -0.15) is 0 Å². The molecular weight excluding hydrogens is 480 g/mol. The van der Waals surface area contributed by atoms with Crippen molar-refractivity contribution >= 4 is 17.3 Å². The minimum Gasteiger partial charge on any atom is -0.393 e. The Morgan fingerprint density at radius 2 is 0.947 bits per heavy atom. The Bertz CT molecular complexity index is 681. The third-order valence-electron chi connectivity index (χ3n) is 8.08. The standard InChI is InChI=1S/C32H60O6/c1-22(2)13-10-16-25(7)19-20-28(34)31(37,21-33)32(38,29(35)26(8)17-11-14-23(3)4)30(36)27(9)18-12-15-24(5)6/h22-27,33,37-38H,10-21H2,1-9H3. The lowest BCUT2D eigenvalue weighted by Gasteiger charge is -2.41. The van der Waals surface area contributed by atoms with Crippen molar-refractivity contribution < 1.29 is 29.7 Å². The summed E-state index contributed by atoms with van der Waals surface area (Å²) in [5, 5.41) is 33.7. The van der Waals surface area contributed by atoms with E-state index in [4.69, 9.17) is 0 Å². The summed E-state index contributed by atoms with van der Waals surface area (Å²) >= 11 is 0. The molecule has 3 N–H and O–H groups in total. The maximum absolute atomic E-state index is 13.7. The Morgan fingerprint density at radius 3 is 1.29 bits per heavy atom. The van der Waals surface area contributed by atoms with Gasteiger partial charge in [-0.1, -0.05) is 107 Å². The lowest BCUT2D eigenvalue weighted by atomic mass is 9.67. The number of ketones is 3. The van der Waals surface area contributed by atoms with E-state index in [1.807, 2.05) is 6.92 Å². The molecule has 0 rings (SSSR count). The number of aliphatic hydroxyl groups excluding tert-OH is 1. The summed E-state index contributed by atoms with van der Waals surface area (Å²) in [5.41, 5.74) is -5.84. The molecule has 0 saturated heterocycles. The van der Waals surface area contributed by atoms with E-state index in [9.17, 15) is 29.7 Å². The molecule has 0 aliphatic rings. The average Bonchev–Trinajstić information content (AvgIpc) is 2.84. The molecule has 0 aromatic heterocycles. The number of carbonyl (C=O) groups is 3. The number of carbonyl (C=O) groups excluding carboxylic acids is 3. The van der Waals surface area contributed by atoms with Gasteiger partial charge >= 0.3 is 0 Å². The van der Waals surface area contributed by atoms with Gasteiger partial charge in [-0.25, -0.2) is 0 Å². The number of aliphatic hydroxyl groups is 3. The minimum atomic E-state index is -2.98. The number of hydrogen-bond acceptors (Lipinski definition) is 6. The third kappa shape index (κ3) is 11.2. The molecule has 0 aromatic carbocycles. The van der Waals surface area contributed by atoms with Gasteiger partial charge in [0.25, 0.3) is 0 Å². The Kier molecular flexibility index (Phi) is 17.0. The first-order valence-corrected chi connectivity index (χ1v) is 15.2. The van der Waals surface area contributed by atoms with Gasteiger partial charge in [0.15, 0.2) is 23.0 Å². The number of Topliss-reactive ketones (excluding diaryl/α,β-unsaturated/α-hetero) is 3. The summed E-state index contributed by atoms with van der Waals surface area (Å²) in [5.74, 6) is -2.38. The second-order valence-corrected chi connectivity index (χ2v) is 13.3. The molecule has 0 aliphatic carbocycles. The molecule has 0 aliphatic heterocycles. The smallest absolute Gasteiger partial charge is 0.220 e. The Balaban J connectivity index is 5.98. The lowest BCUT2D eigenvalue weighted by molar-refractivity contribution is -0.197. The molecule has 0 spiro atoms. The van der Waals surface area contributed by atoms with Crippen LogP contribution >= 0.6 is 0 Å². The Labute approximate surface area is 233 Å². The largest absolute Gasteiger partial charge is 0.393 e. The van der Waals surface area contributed by atoms with Gasteiger partial charge in [0, 0.05) is 18.3 Å². The van der Waals surface area contributed by atoms with Gasteiger partial charge < -0.3 is 15.3 Å².